The van der Waals surface area contributed by atoms with Crippen molar-refractivity contribution >= 4 is 40.0 Å². The van der Waals surface area contributed by atoms with E-state index in [0.717, 1.165) is 25.5 Å². The molecule has 0 radical (unpaired) electrons. The molecular weight excluding hydrogens is 614 g/mol. The molecule has 4 heterocycles. The lowest BCUT2D eigenvalue weighted by atomic mass is 9.99. The van der Waals surface area contributed by atoms with Crippen molar-refractivity contribution in [3.05, 3.63) is 46.8 Å². The molecule has 2 saturated heterocycles. The lowest BCUT2D eigenvalue weighted by Crippen LogP contribution is -2.53. The second kappa shape index (κ2) is 12.6. The molecule has 2 fully saturated rings. The molecule has 1 aromatic carbocycles. The first kappa shape index (κ1) is 32.7. The van der Waals surface area contributed by atoms with Crippen LogP contribution < -0.4 is 15.4 Å². The number of likely N-dealkylation sites (tertiary alicyclic amines) is 1. The lowest BCUT2D eigenvalue weighted by Gasteiger charge is -2.40. The largest absolute Gasteiger partial charge is 0.462 e. The van der Waals surface area contributed by atoms with Gasteiger partial charge in [0.05, 0.1) is 21.8 Å². The number of aryl methyl sites for hydroxylation is 1. The van der Waals surface area contributed by atoms with Gasteiger partial charge in [0.25, 0.3) is 0 Å². The number of piperazine rings is 1. The van der Waals surface area contributed by atoms with Crippen molar-refractivity contribution in [1.29, 1.82) is 0 Å². The summed E-state index contributed by atoms with van der Waals surface area (Å²) in [4.78, 5) is 31.1. The number of aromatic nitrogens is 3. The number of hydrogen-bond donors (Lipinski definition) is 1. The van der Waals surface area contributed by atoms with Gasteiger partial charge in [0.15, 0.2) is 5.82 Å². The number of pyridine rings is 1. The molecule has 5 rings (SSSR count). The number of alkyl halides is 3. The van der Waals surface area contributed by atoms with Crippen molar-refractivity contribution in [2.75, 3.05) is 43.4 Å². The molecule has 242 valence electrons. The van der Waals surface area contributed by atoms with Crippen LogP contribution >= 0.6 is 11.6 Å². The Hall–Kier alpha value is -3.71. The second-order valence-corrected chi connectivity index (χ2v) is 12.2. The van der Waals surface area contributed by atoms with Gasteiger partial charge in [-0.05, 0) is 70.9 Å². The average molecular weight is 650 g/mol. The fraction of sp³-hybridized carbons (Fsp3) is 0.484. The van der Waals surface area contributed by atoms with Gasteiger partial charge in [0.1, 0.15) is 23.8 Å². The van der Waals surface area contributed by atoms with Crippen molar-refractivity contribution in [3.8, 4) is 17.3 Å². The Labute approximate surface area is 264 Å². The maximum Gasteiger partial charge on any atom is 0.418 e. The quantitative estimate of drug-likeness (QED) is 0.251. The smallest absolute Gasteiger partial charge is 0.418 e. The van der Waals surface area contributed by atoms with E-state index in [-0.39, 0.29) is 57.9 Å². The molecule has 2 aromatic heterocycles. The number of anilines is 2. The van der Waals surface area contributed by atoms with E-state index in [1.54, 1.807) is 4.90 Å². The first-order valence-electron chi connectivity index (χ1n) is 14.8. The third-order valence-corrected chi connectivity index (χ3v) is 8.77. The summed E-state index contributed by atoms with van der Waals surface area (Å²) in [5, 5.41) is -0.129. The zero-order chi connectivity index (χ0) is 32.8. The number of halogens is 5. The molecule has 1 amide bonds. The van der Waals surface area contributed by atoms with Gasteiger partial charge in [0.2, 0.25) is 5.91 Å². The molecule has 0 saturated carbocycles. The van der Waals surface area contributed by atoms with Gasteiger partial charge >= 0.3 is 12.2 Å². The predicted octanol–water partition coefficient (Wildman–Crippen LogP) is 5.87. The third-order valence-electron chi connectivity index (χ3n) is 8.48. The van der Waals surface area contributed by atoms with Crippen LogP contribution in [-0.4, -0.2) is 81.6 Å². The van der Waals surface area contributed by atoms with Gasteiger partial charge < -0.3 is 20.3 Å². The Morgan fingerprint density at radius 1 is 1.22 bits per heavy atom. The van der Waals surface area contributed by atoms with Crippen LogP contribution in [-0.2, 0) is 11.0 Å². The minimum absolute atomic E-state index is 0.0968. The van der Waals surface area contributed by atoms with Crippen LogP contribution in [0.3, 0.4) is 0 Å². The van der Waals surface area contributed by atoms with E-state index < -0.39 is 28.8 Å². The summed E-state index contributed by atoms with van der Waals surface area (Å²) >= 11 is 6.57. The van der Waals surface area contributed by atoms with E-state index in [0.29, 0.717) is 31.5 Å². The molecule has 3 aromatic rings. The third kappa shape index (κ3) is 6.37. The highest BCUT2D eigenvalue weighted by Gasteiger charge is 2.39. The van der Waals surface area contributed by atoms with Crippen LogP contribution in [0.4, 0.5) is 29.2 Å². The molecule has 2 N–H and O–H groups in total. The van der Waals surface area contributed by atoms with Crippen LogP contribution in [0, 0.1) is 12.7 Å². The first-order valence-corrected chi connectivity index (χ1v) is 15.2. The molecule has 0 aliphatic carbocycles. The highest BCUT2D eigenvalue weighted by atomic mass is 35.5. The Morgan fingerprint density at radius 2 is 1.96 bits per heavy atom. The molecule has 45 heavy (non-hydrogen) atoms. The Kier molecular flexibility index (Phi) is 9.14. The van der Waals surface area contributed by atoms with Crippen LogP contribution in [0.15, 0.2) is 24.8 Å². The standard InChI is InChI=1S/C31H36ClF4N7O2/c1-6-23(44)41-10-11-43(18(5)14-41)29-20-13-21(32)24(28-25(31(34,35)36)17(4)12-22(37)38-28)26(33)27(20)39-30(40-29)45-15-19-8-7-9-42(19)16(2)3/h6,12-13,16,18-19H,1,7-11,14-15H2,2-5H3,(H2,37,38). The Balaban J connectivity index is 1.67. The van der Waals surface area contributed by atoms with Crippen LogP contribution in [0.25, 0.3) is 22.2 Å². The fourth-order valence-corrected chi connectivity index (χ4v) is 6.67. The number of benzene rings is 1. The number of fused-ring (bicyclic) bond motifs is 1. The van der Waals surface area contributed by atoms with E-state index in [4.69, 9.17) is 22.1 Å². The maximum atomic E-state index is 16.6. The van der Waals surface area contributed by atoms with Gasteiger partial charge in [-0.15, -0.1) is 0 Å². The number of amides is 1. The topological polar surface area (TPSA) is 101 Å². The predicted molar refractivity (Wildman–Crippen MR) is 166 cm³/mol. The summed E-state index contributed by atoms with van der Waals surface area (Å²) in [5.41, 5.74) is 2.89. The van der Waals surface area contributed by atoms with Crippen molar-refractivity contribution in [2.45, 2.75) is 64.8 Å². The van der Waals surface area contributed by atoms with E-state index in [1.165, 1.54) is 19.1 Å². The van der Waals surface area contributed by atoms with E-state index in [2.05, 4.69) is 40.3 Å². The van der Waals surface area contributed by atoms with Crippen molar-refractivity contribution in [1.82, 2.24) is 24.8 Å². The Bertz CT molecular complexity index is 1630. The van der Waals surface area contributed by atoms with Crippen molar-refractivity contribution in [2.24, 2.45) is 0 Å². The highest BCUT2D eigenvalue weighted by molar-refractivity contribution is 6.34. The normalized spacial score (nSPS) is 19.5. The molecule has 2 aliphatic rings. The maximum absolute atomic E-state index is 16.6. The molecule has 2 aliphatic heterocycles. The van der Waals surface area contributed by atoms with E-state index in [1.807, 2.05) is 11.8 Å². The minimum Gasteiger partial charge on any atom is -0.462 e. The van der Waals surface area contributed by atoms with Gasteiger partial charge in [0, 0.05) is 43.1 Å². The second-order valence-electron chi connectivity index (χ2n) is 11.8. The van der Waals surface area contributed by atoms with Crippen LogP contribution in [0.1, 0.15) is 44.7 Å². The van der Waals surface area contributed by atoms with Crippen LogP contribution in [0.5, 0.6) is 6.01 Å². The number of rotatable bonds is 7. The lowest BCUT2D eigenvalue weighted by molar-refractivity contribution is -0.137. The number of nitrogens with zero attached hydrogens (tertiary/aromatic N) is 6. The molecule has 9 nitrogen and oxygen atoms in total. The number of carbonyl (C=O) groups excluding carboxylic acids is 1. The Morgan fingerprint density at radius 3 is 2.60 bits per heavy atom. The highest BCUT2D eigenvalue weighted by Crippen LogP contribution is 2.44. The van der Waals surface area contributed by atoms with Gasteiger partial charge in [-0.25, -0.2) is 9.37 Å². The molecule has 2 unspecified atom stereocenters. The van der Waals surface area contributed by atoms with Gasteiger partial charge in [-0.2, -0.15) is 23.1 Å². The van der Waals surface area contributed by atoms with Crippen molar-refractivity contribution in [3.63, 3.8) is 0 Å². The van der Waals surface area contributed by atoms with Crippen LogP contribution in [0.2, 0.25) is 5.02 Å². The van der Waals surface area contributed by atoms with E-state index >= 15 is 4.39 Å². The number of ether oxygens (including phenoxy) is 1. The molecule has 0 bridgehead atoms. The number of nitrogens with two attached hydrogens (primary N) is 1. The summed E-state index contributed by atoms with van der Waals surface area (Å²) in [6, 6.07) is 2.43. The number of hydrogen-bond acceptors (Lipinski definition) is 8. The summed E-state index contributed by atoms with van der Waals surface area (Å²) in [5.74, 6) is -1.24. The summed E-state index contributed by atoms with van der Waals surface area (Å²) < 4.78 is 65.4. The summed E-state index contributed by atoms with van der Waals surface area (Å²) in [6.45, 7) is 13.1. The van der Waals surface area contributed by atoms with Gasteiger partial charge in [-0.1, -0.05) is 18.2 Å². The minimum atomic E-state index is -4.86. The fourth-order valence-electron chi connectivity index (χ4n) is 6.39. The zero-order valence-corrected chi connectivity index (χ0v) is 26.3. The summed E-state index contributed by atoms with van der Waals surface area (Å²) in [6.07, 6.45) is -1.71. The molecule has 2 atom stereocenters. The number of carbonyl (C=O) groups is 1. The van der Waals surface area contributed by atoms with Crippen molar-refractivity contribution < 1.29 is 27.1 Å². The zero-order valence-electron chi connectivity index (χ0n) is 25.6. The first-order chi connectivity index (χ1) is 21.2. The monoisotopic (exact) mass is 649 g/mol. The molecule has 0 spiro atoms. The number of nitrogen functional groups attached to an aromatic ring is 1. The average Bonchev–Trinajstić information content (AvgIpc) is 3.44. The molecule has 14 heteroatoms. The summed E-state index contributed by atoms with van der Waals surface area (Å²) in [7, 11) is 0. The SMILES string of the molecule is C=CC(=O)N1CCN(c2nc(OCC3CCCN3C(C)C)nc3c(F)c(-c4nc(N)cc(C)c4C(F)(F)F)c(Cl)cc23)C(C)C1. The van der Waals surface area contributed by atoms with E-state index in [9.17, 15) is 18.0 Å². The molecular formula is C31H36ClF4N7O2. The van der Waals surface area contributed by atoms with Gasteiger partial charge in [-0.3, -0.25) is 9.69 Å².